The van der Waals surface area contributed by atoms with E-state index in [1.807, 2.05) is 0 Å². The van der Waals surface area contributed by atoms with E-state index in [9.17, 15) is 31.0 Å². The topological polar surface area (TPSA) is 141 Å². The van der Waals surface area contributed by atoms with E-state index in [4.69, 9.17) is 0 Å². The molecular weight excluding hydrogens is 382 g/mol. The van der Waals surface area contributed by atoms with Crippen molar-refractivity contribution < 1.29 is 31.0 Å². The van der Waals surface area contributed by atoms with Gasteiger partial charge in [0.2, 0.25) is 0 Å². The first-order chi connectivity index (χ1) is 12.1. The Balaban J connectivity index is 2.34. The lowest BCUT2D eigenvalue weighted by Gasteiger charge is -2.14. The second-order valence-electron chi connectivity index (χ2n) is 5.45. The van der Waals surface area contributed by atoms with E-state index in [1.54, 1.807) is 30.3 Å². The standard InChI is InChI=1S/C16H13NO7S2/c18-15-9-13(26(22,23)24)7-10-6-12(25(19,20)21)8-14(16(10)15)17-11-4-2-1-3-5-11/h1-9,17-18H,(H,19,20,21)(H,22,23,24). The Hall–Kier alpha value is -2.66. The molecule has 0 amide bonds. The van der Waals surface area contributed by atoms with Gasteiger partial charge in [0.1, 0.15) is 5.75 Å². The summed E-state index contributed by atoms with van der Waals surface area (Å²) in [6.45, 7) is 0. The highest BCUT2D eigenvalue weighted by Gasteiger charge is 2.19. The van der Waals surface area contributed by atoms with E-state index in [0.29, 0.717) is 5.69 Å². The van der Waals surface area contributed by atoms with Crippen molar-refractivity contribution in [3.8, 4) is 5.75 Å². The highest BCUT2D eigenvalue weighted by molar-refractivity contribution is 7.86. The highest BCUT2D eigenvalue weighted by atomic mass is 32.2. The van der Waals surface area contributed by atoms with Crippen LogP contribution in [0.3, 0.4) is 0 Å². The van der Waals surface area contributed by atoms with Gasteiger partial charge in [0.15, 0.2) is 0 Å². The Labute approximate surface area is 149 Å². The molecule has 0 bridgehead atoms. The molecule has 0 heterocycles. The number of nitrogens with one attached hydrogen (secondary N) is 1. The van der Waals surface area contributed by atoms with Gasteiger partial charge in [-0.05, 0) is 35.7 Å². The summed E-state index contributed by atoms with van der Waals surface area (Å²) in [7, 11) is -9.23. The van der Waals surface area contributed by atoms with E-state index < -0.39 is 35.8 Å². The third-order valence-corrected chi connectivity index (χ3v) is 5.29. The molecule has 26 heavy (non-hydrogen) atoms. The number of phenols is 1. The van der Waals surface area contributed by atoms with Crippen molar-refractivity contribution in [2.45, 2.75) is 9.79 Å². The molecule has 0 saturated carbocycles. The molecule has 10 heteroatoms. The summed E-state index contributed by atoms with van der Waals surface area (Å²) in [4.78, 5) is -1.11. The van der Waals surface area contributed by atoms with Crippen LogP contribution in [-0.4, -0.2) is 31.0 Å². The Bertz CT molecular complexity index is 1200. The molecule has 0 aliphatic rings. The van der Waals surface area contributed by atoms with E-state index >= 15 is 0 Å². The second-order valence-corrected chi connectivity index (χ2v) is 8.30. The maximum Gasteiger partial charge on any atom is 0.294 e. The molecule has 0 radical (unpaired) electrons. The zero-order valence-corrected chi connectivity index (χ0v) is 14.6. The molecule has 3 aromatic rings. The Kier molecular flexibility index (Phi) is 4.36. The van der Waals surface area contributed by atoms with Crippen molar-refractivity contribution in [2.75, 3.05) is 5.32 Å². The number of fused-ring (bicyclic) bond motifs is 1. The van der Waals surface area contributed by atoms with Crippen LogP contribution in [0.1, 0.15) is 0 Å². The van der Waals surface area contributed by atoms with Crippen molar-refractivity contribution in [3.63, 3.8) is 0 Å². The lowest BCUT2D eigenvalue weighted by molar-refractivity contribution is 0.471. The summed E-state index contributed by atoms with van der Waals surface area (Å²) in [5, 5.41) is 13.3. The van der Waals surface area contributed by atoms with Gasteiger partial charge in [-0.15, -0.1) is 0 Å². The summed E-state index contributed by atoms with van der Waals surface area (Å²) in [5.74, 6) is -0.490. The summed E-state index contributed by atoms with van der Waals surface area (Å²) in [6.07, 6.45) is 0. The minimum absolute atomic E-state index is 0.00817. The minimum atomic E-state index is -4.63. The zero-order valence-electron chi connectivity index (χ0n) is 13.0. The van der Waals surface area contributed by atoms with Crippen molar-refractivity contribution in [1.29, 1.82) is 0 Å². The second kappa shape index (κ2) is 6.25. The lowest BCUT2D eigenvalue weighted by atomic mass is 10.1. The Morgan fingerprint density at radius 3 is 1.85 bits per heavy atom. The quantitative estimate of drug-likeness (QED) is 0.494. The van der Waals surface area contributed by atoms with Gasteiger partial charge >= 0.3 is 0 Å². The van der Waals surface area contributed by atoms with E-state index in [0.717, 1.165) is 24.3 Å². The lowest BCUT2D eigenvalue weighted by Crippen LogP contribution is -2.02. The predicted octanol–water partition coefficient (Wildman–Crippen LogP) is 2.78. The van der Waals surface area contributed by atoms with Crippen LogP contribution < -0.4 is 5.32 Å². The number of hydrogen-bond acceptors (Lipinski definition) is 6. The minimum Gasteiger partial charge on any atom is -0.507 e. The van der Waals surface area contributed by atoms with Crippen molar-refractivity contribution in [3.05, 3.63) is 54.6 Å². The molecule has 8 nitrogen and oxygen atoms in total. The largest absolute Gasteiger partial charge is 0.507 e. The smallest absolute Gasteiger partial charge is 0.294 e. The number of phenolic OH excluding ortho intramolecular Hbond substituents is 1. The molecular formula is C16H13NO7S2. The molecule has 0 saturated heterocycles. The highest BCUT2D eigenvalue weighted by Crippen LogP contribution is 2.37. The molecule has 0 unspecified atom stereocenters. The van der Waals surface area contributed by atoms with Crippen molar-refractivity contribution >= 4 is 42.4 Å². The molecule has 3 aromatic carbocycles. The van der Waals surface area contributed by atoms with Crippen molar-refractivity contribution in [1.82, 2.24) is 0 Å². The van der Waals surface area contributed by atoms with Crippen LogP contribution in [0.25, 0.3) is 10.8 Å². The fourth-order valence-corrected chi connectivity index (χ4v) is 3.59. The number of anilines is 2. The molecule has 0 aliphatic carbocycles. The fraction of sp³-hybridized carbons (Fsp3) is 0. The molecule has 0 atom stereocenters. The first-order valence-corrected chi connectivity index (χ1v) is 10.0. The fourth-order valence-electron chi connectivity index (χ4n) is 2.51. The summed E-state index contributed by atoms with van der Waals surface area (Å²) in [6, 6.07) is 12.6. The first-order valence-electron chi connectivity index (χ1n) is 7.13. The molecule has 3 rings (SSSR count). The van der Waals surface area contributed by atoms with Crippen LogP contribution in [0.15, 0.2) is 64.4 Å². The van der Waals surface area contributed by atoms with Crippen LogP contribution >= 0.6 is 0 Å². The third kappa shape index (κ3) is 3.63. The number of rotatable bonds is 4. The predicted molar refractivity (Wildman–Crippen MR) is 95.0 cm³/mol. The molecule has 0 aromatic heterocycles. The third-order valence-electron chi connectivity index (χ3n) is 3.62. The zero-order chi connectivity index (χ0) is 19.1. The Morgan fingerprint density at radius 2 is 1.31 bits per heavy atom. The van der Waals surface area contributed by atoms with Crippen LogP contribution in [0.2, 0.25) is 0 Å². The number of benzene rings is 3. The van der Waals surface area contributed by atoms with Gasteiger partial charge in [-0.25, -0.2) is 0 Å². The van der Waals surface area contributed by atoms with E-state index in [2.05, 4.69) is 5.32 Å². The van der Waals surface area contributed by atoms with Gasteiger partial charge in [0, 0.05) is 17.1 Å². The van der Waals surface area contributed by atoms with Crippen LogP contribution in [0.4, 0.5) is 11.4 Å². The summed E-state index contributed by atoms with van der Waals surface area (Å²) in [5.41, 5.74) is 0.695. The van der Waals surface area contributed by atoms with Gasteiger partial charge in [-0.3, -0.25) is 9.11 Å². The number of aromatic hydroxyl groups is 1. The maximum absolute atomic E-state index is 11.5. The van der Waals surface area contributed by atoms with E-state index in [-0.39, 0.29) is 16.5 Å². The van der Waals surface area contributed by atoms with Gasteiger partial charge in [-0.1, -0.05) is 18.2 Å². The molecule has 136 valence electrons. The number of para-hydroxylation sites is 1. The normalized spacial score (nSPS) is 12.2. The Morgan fingerprint density at radius 1 is 0.769 bits per heavy atom. The van der Waals surface area contributed by atoms with Crippen LogP contribution in [0, 0.1) is 0 Å². The van der Waals surface area contributed by atoms with Crippen LogP contribution in [-0.2, 0) is 20.2 Å². The van der Waals surface area contributed by atoms with Gasteiger partial charge < -0.3 is 10.4 Å². The summed E-state index contributed by atoms with van der Waals surface area (Å²) >= 11 is 0. The number of hydrogen-bond donors (Lipinski definition) is 4. The SMILES string of the molecule is O=S(=O)(O)c1cc(O)c2c(Nc3ccccc3)cc(S(=O)(=O)O)cc2c1. The van der Waals surface area contributed by atoms with Crippen molar-refractivity contribution in [2.24, 2.45) is 0 Å². The molecule has 4 N–H and O–H groups in total. The van der Waals surface area contributed by atoms with Crippen LogP contribution in [0.5, 0.6) is 5.75 Å². The van der Waals surface area contributed by atoms with Gasteiger partial charge in [0.05, 0.1) is 15.5 Å². The molecule has 0 fully saturated rings. The first kappa shape index (κ1) is 18.1. The maximum atomic E-state index is 11.5. The molecule has 0 spiro atoms. The summed E-state index contributed by atoms with van der Waals surface area (Å²) < 4.78 is 64.3. The van der Waals surface area contributed by atoms with Gasteiger partial charge in [-0.2, -0.15) is 16.8 Å². The monoisotopic (exact) mass is 395 g/mol. The van der Waals surface area contributed by atoms with E-state index in [1.165, 1.54) is 0 Å². The average molecular weight is 395 g/mol. The average Bonchev–Trinajstić information content (AvgIpc) is 2.53. The van der Waals surface area contributed by atoms with Gasteiger partial charge in [0.25, 0.3) is 20.2 Å². The molecule has 0 aliphatic heterocycles.